The van der Waals surface area contributed by atoms with Gasteiger partial charge in [-0.25, -0.2) is 18.1 Å². The molecule has 0 amide bonds. The Balaban J connectivity index is 2.01. The first-order chi connectivity index (χ1) is 10.0. The number of nitrogens with zero attached hydrogens (tertiary/aromatic N) is 1. The topological polar surface area (TPSA) is 71.1 Å². The highest BCUT2D eigenvalue weighted by Gasteiger charge is 2.14. The van der Waals surface area contributed by atoms with Crippen molar-refractivity contribution in [2.75, 3.05) is 6.54 Å². The average Bonchev–Trinajstić information content (AvgIpc) is 2.89. The third-order valence-electron chi connectivity index (χ3n) is 2.92. The van der Waals surface area contributed by atoms with Crippen molar-refractivity contribution < 1.29 is 8.42 Å². The van der Waals surface area contributed by atoms with Gasteiger partial charge >= 0.3 is 0 Å². The van der Waals surface area contributed by atoms with Crippen LogP contribution in [0.4, 0.5) is 0 Å². The van der Waals surface area contributed by atoms with Crippen LogP contribution in [0, 0.1) is 6.92 Å². The fraction of sp³-hybridized carbons (Fsp3) is 0.357. The molecular weight excluding hydrogens is 306 g/mol. The van der Waals surface area contributed by atoms with Gasteiger partial charge in [0, 0.05) is 24.2 Å². The summed E-state index contributed by atoms with van der Waals surface area (Å²) < 4.78 is 27.0. The Morgan fingerprint density at radius 1 is 1.19 bits per heavy atom. The molecule has 0 fully saturated rings. The first kappa shape index (κ1) is 16.1. The van der Waals surface area contributed by atoms with Crippen molar-refractivity contribution in [2.24, 2.45) is 0 Å². The predicted octanol–water partition coefficient (Wildman–Crippen LogP) is 2.04. The van der Waals surface area contributed by atoms with Gasteiger partial charge in [0.1, 0.15) is 0 Å². The summed E-state index contributed by atoms with van der Waals surface area (Å²) in [6.07, 6.45) is 1.70. The highest BCUT2D eigenvalue weighted by molar-refractivity contribution is 7.89. The van der Waals surface area contributed by atoms with E-state index in [9.17, 15) is 8.42 Å². The molecule has 0 saturated carbocycles. The van der Waals surface area contributed by atoms with Gasteiger partial charge in [0.25, 0.3) is 0 Å². The van der Waals surface area contributed by atoms with E-state index in [0.29, 0.717) is 0 Å². The van der Waals surface area contributed by atoms with E-state index < -0.39 is 10.0 Å². The minimum Gasteiger partial charge on any atom is -0.313 e. The minimum absolute atomic E-state index is 0.271. The zero-order valence-corrected chi connectivity index (χ0v) is 13.7. The van der Waals surface area contributed by atoms with E-state index in [2.05, 4.69) is 15.0 Å². The summed E-state index contributed by atoms with van der Waals surface area (Å²) in [6, 6.07) is 6.92. The molecule has 1 heterocycles. The van der Waals surface area contributed by atoms with Crippen LogP contribution in [0.2, 0.25) is 0 Å². The zero-order valence-electron chi connectivity index (χ0n) is 12.1. The summed E-state index contributed by atoms with van der Waals surface area (Å²) in [7, 11) is -3.48. The summed E-state index contributed by atoms with van der Waals surface area (Å²) in [5.74, 6) is 0. The van der Waals surface area contributed by atoms with E-state index in [1.165, 1.54) is 11.3 Å². The van der Waals surface area contributed by atoms with Crippen molar-refractivity contribution in [2.45, 2.75) is 31.8 Å². The van der Waals surface area contributed by atoms with Crippen LogP contribution < -0.4 is 10.0 Å². The van der Waals surface area contributed by atoms with Gasteiger partial charge in [-0.3, -0.25) is 0 Å². The van der Waals surface area contributed by atoms with Crippen molar-refractivity contribution >= 4 is 21.4 Å². The number of hydrogen-bond donors (Lipinski definition) is 2. The summed E-state index contributed by atoms with van der Waals surface area (Å²) in [5.41, 5.74) is 1.06. The van der Waals surface area contributed by atoms with Gasteiger partial charge in [-0.2, -0.15) is 0 Å². The van der Waals surface area contributed by atoms with Crippen molar-refractivity contribution in [3.05, 3.63) is 45.9 Å². The number of sulfonamides is 1. The van der Waals surface area contributed by atoms with E-state index in [-0.39, 0.29) is 11.4 Å². The van der Waals surface area contributed by atoms with Gasteiger partial charge in [-0.1, -0.05) is 19.1 Å². The average molecular weight is 325 g/mol. The van der Waals surface area contributed by atoms with E-state index in [1.54, 1.807) is 18.3 Å². The van der Waals surface area contributed by atoms with Crippen LogP contribution in [-0.4, -0.2) is 19.9 Å². The third-order valence-corrected chi connectivity index (χ3v) is 5.25. The Morgan fingerprint density at radius 2 is 1.90 bits per heavy atom. The van der Waals surface area contributed by atoms with Gasteiger partial charge in [0.15, 0.2) is 0 Å². The Kier molecular flexibility index (Phi) is 5.46. The van der Waals surface area contributed by atoms with Gasteiger partial charge in [-0.05, 0) is 31.2 Å². The highest BCUT2D eigenvalue weighted by atomic mass is 32.2. The number of nitrogens with one attached hydrogen (secondary N) is 2. The Morgan fingerprint density at radius 3 is 2.48 bits per heavy atom. The number of aryl methyl sites for hydroxylation is 1. The minimum atomic E-state index is -3.48. The second-order valence-electron chi connectivity index (χ2n) is 4.59. The SMILES string of the molecule is CCNCc1ccc(S(=O)(=O)NCc2cnc(C)s2)cc1. The molecule has 21 heavy (non-hydrogen) atoms. The maximum absolute atomic E-state index is 12.2. The molecule has 114 valence electrons. The largest absolute Gasteiger partial charge is 0.313 e. The van der Waals surface area contributed by atoms with Gasteiger partial charge in [0.2, 0.25) is 10.0 Å². The monoisotopic (exact) mass is 325 g/mol. The molecular formula is C14H19N3O2S2. The maximum atomic E-state index is 12.2. The van der Waals surface area contributed by atoms with Crippen LogP contribution in [0.3, 0.4) is 0 Å². The predicted molar refractivity (Wildman–Crippen MR) is 84.7 cm³/mol. The second kappa shape index (κ2) is 7.13. The molecule has 0 spiro atoms. The second-order valence-corrected chi connectivity index (χ2v) is 7.68. The standard InChI is InChI=1S/C14H19N3O2S2/c1-3-15-8-12-4-6-14(7-5-12)21(18,19)17-10-13-9-16-11(2)20-13/h4-7,9,15,17H,3,8,10H2,1-2H3. The van der Waals surface area contributed by atoms with Gasteiger partial charge in [0.05, 0.1) is 9.90 Å². The lowest BCUT2D eigenvalue weighted by Gasteiger charge is -2.07. The molecule has 0 atom stereocenters. The molecule has 1 aromatic carbocycles. The summed E-state index contributed by atoms with van der Waals surface area (Å²) in [6.45, 7) is 5.82. The molecule has 0 unspecified atom stereocenters. The Labute approximate surface area is 129 Å². The van der Waals surface area contributed by atoms with Crippen molar-refractivity contribution in [1.29, 1.82) is 0 Å². The summed E-state index contributed by atoms with van der Waals surface area (Å²) in [5, 5.41) is 4.13. The molecule has 2 aromatic rings. The quantitative estimate of drug-likeness (QED) is 0.817. The summed E-state index contributed by atoms with van der Waals surface area (Å²) >= 11 is 1.49. The third kappa shape index (κ3) is 4.60. The zero-order chi connectivity index (χ0) is 15.3. The molecule has 0 aliphatic heterocycles. The normalized spacial score (nSPS) is 11.7. The lowest BCUT2D eigenvalue weighted by molar-refractivity contribution is 0.581. The fourth-order valence-corrected chi connectivity index (χ4v) is 3.62. The molecule has 0 saturated heterocycles. The summed E-state index contributed by atoms with van der Waals surface area (Å²) in [4.78, 5) is 5.29. The van der Waals surface area contributed by atoms with E-state index >= 15 is 0 Å². The lowest BCUT2D eigenvalue weighted by Crippen LogP contribution is -2.22. The first-order valence-electron chi connectivity index (χ1n) is 6.72. The smallest absolute Gasteiger partial charge is 0.240 e. The van der Waals surface area contributed by atoms with Crippen LogP contribution in [0.1, 0.15) is 22.4 Å². The van der Waals surface area contributed by atoms with E-state index in [4.69, 9.17) is 0 Å². The van der Waals surface area contributed by atoms with Crippen LogP contribution in [0.15, 0.2) is 35.4 Å². The molecule has 1 aromatic heterocycles. The Hall–Kier alpha value is -1.28. The molecule has 0 aliphatic carbocycles. The number of hydrogen-bond acceptors (Lipinski definition) is 5. The van der Waals surface area contributed by atoms with Crippen LogP contribution >= 0.6 is 11.3 Å². The van der Waals surface area contributed by atoms with Crippen LogP contribution in [0.5, 0.6) is 0 Å². The molecule has 0 radical (unpaired) electrons. The molecule has 2 N–H and O–H groups in total. The lowest BCUT2D eigenvalue weighted by atomic mass is 10.2. The molecule has 0 bridgehead atoms. The fourth-order valence-electron chi connectivity index (χ4n) is 1.79. The molecule has 2 rings (SSSR count). The highest BCUT2D eigenvalue weighted by Crippen LogP contribution is 2.14. The first-order valence-corrected chi connectivity index (χ1v) is 9.02. The number of aromatic nitrogens is 1. The molecule has 5 nitrogen and oxygen atoms in total. The number of benzene rings is 1. The van der Waals surface area contributed by atoms with Gasteiger partial charge in [-0.15, -0.1) is 11.3 Å². The Bertz CT molecular complexity index is 678. The van der Waals surface area contributed by atoms with Crippen LogP contribution in [-0.2, 0) is 23.1 Å². The van der Waals surface area contributed by atoms with Crippen molar-refractivity contribution in [1.82, 2.24) is 15.0 Å². The van der Waals surface area contributed by atoms with Crippen LogP contribution in [0.25, 0.3) is 0 Å². The molecule has 0 aliphatic rings. The molecule has 7 heteroatoms. The van der Waals surface area contributed by atoms with Gasteiger partial charge < -0.3 is 5.32 Å². The number of thiazole rings is 1. The van der Waals surface area contributed by atoms with Crippen molar-refractivity contribution in [3.63, 3.8) is 0 Å². The van der Waals surface area contributed by atoms with Crippen molar-refractivity contribution in [3.8, 4) is 0 Å². The van der Waals surface area contributed by atoms with E-state index in [0.717, 1.165) is 28.5 Å². The number of rotatable bonds is 7. The van der Waals surface area contributed by atoms with E-state index in [1.807, 2.05) is 26.0 Å². The maximum Gasteiger partial charge on any atom is 0.240 e.